The first-order valence-electron chi connectivity index (χ1n) is 5.10. The smallest absolute Gasteiger partial charge is 0.345 e. The number of hydrogen-bond acceptors (Lipinski definition) is 9. The third-order valence-electron chi connectivity index (χ3n) is 2.30. The molecule has 0 radical (unpaired) electrons. The Kier molecular flexibility index (Phi) is 3.62. The van der Waals surface area contributed by atoms with E-state index in [2.05, 4.69) is 20.4 Å². The number of nitrogens with zero attached hydrogens (tertiary/aromatic N) is 4. The maximum atomic E-state index is 11.0. The van der Waals surface area contributed by atoms with E-state index in [1.54, 1.807) is 13.8 Å². The summed E-state index contributed by atoms with van der Waals surface area (Å²) in [7, 11) is 0. The number of hydrazine groups is 1. The van der Waals surface area contributed by atoms with Crippen LogP contribution in [0.15, 0.2) is 21.0 Å². The quantitative estimate of drug-likeness (QED) is 0.369. The average molecular weight is 282 g/mol. The lowest BCUT2D eigenvalue weighted by Gasteiger charge is -2.02. The fourth-order valence-corrected chi connectivity index (χ4v) is 2.16. The summed E-state index contributed by atoms with van der Waals surface area (Å²) in [6.07, 6.45) is 1.17. The van der Waals surface area contributed by atoms with Crippen LogP contribution in [0.2, 0.25) is 0 Å². The molecule has 0 saturated heterocycles. The van der Waals surface area contributed by atoms with Crippen LogP contribution in [0, 0.1) is 24.0 Å². The van der Waals surface area contributed by atoms with Crippen LogP contribution < -0.4 is 11.3 Å². The van der Waals surface area contributed by atoms with Crippen LogP contribution in [0.5, 0.6) is 0 Å². The predicted octanol–water partition coefficient (Wildman–Crippen LogP) is 1.43. The largest absolute Gasteiger partial charge is 0.436 e. The molecular weight excluding hydrogens is 272 g/mol. The minimum atomic E-state index is -0.611. The first kappa shape index (κ1) is 13.2. The maximum absolute atomic E-state index is 11.0. The Balaban J connectivity index is 2.42. The Hall–Kier alpha value is -2.20. The second-order valence-corrected chi connectivity index (χ2v) is 4.44. The standard InChI is InChI=1S/C9H10N6O3S/c1-4-5(2)18-9(13-4)19-8-6(15(16)17)7(14-10)11-3-12-8/h3H,10H2,1-2H3,(H,11,12,14). The molecule has 100 valence electrons. The summed E-state index contributed by atoms with van der Waals surface area (Å²) in [5.41, 5.74) is 2.57. The van der Waals surface area contributed by atoms with Gasteiger partial charge < -0.3 is 9.84 Å². The SMILES string of the molecule is Cc1nc(Sc2ncnc(NN)c2[N+](=O)[O-])oc1C. The van der Waals surface area contributed by atoms with Gasteiger partial charge in [-0.25, -0.2) is 20.8 Å². The van der Waals surface area contributed by atoms with Crippen LogP contribution in [0.25, 0.3) is 0 Å². The zero-order valence-corrected chi connectivity index (χ0v) is 10.9. The second kappa shape index (κ2) is 5.20. The predicted molar refractivity (Wildman–Crippen MR) is 66.6 cm³/mol. The molecular formula is C9H10N6O3S. The Bertz CT molecular complexity index is 609. The van der Waals surface area contributed by atoms with Crippen LogP contribution in [-0.4, -0.2) is 19.9 Å². The molecule has 0 fully saturated rings. The van der Waals surface area contributed by atoms with Gasteiger partial charge in [-0.1, -0.05) is 0 Å². The van der Waals surface area contributed by atoms with Crippen molar-refractivity contribution in [3.8, 4) is 0 Å². The minimum Gasteiger partial charge on any atom is -0.436 e. The summed E-state index contributed by atoms with van der Waals surface area (Å²) in [5.74, 6) is 5.77. The highest BCUT2D eigenvalue weighted by Crippen LogP contribution is 2.36. The molecule has 0 unspecified atom stereocenters. The van der Waals surface area contributed by atoms with Gasteiger partial charge in [-0.3, -0.25) is 10.1 Å². The topological polar surface area (TPSA) is 133 Å². The van der Waals surface area contributed by atoms with Crippen LogP contribution in [-0.2, 0) is 0 Å². The molecule has 0 aliphatic rings. The Morgan fingerprint density at radius 2 is 2.21 bits per heavy atom. The average Bonchev–Trinajstić information content (AvgIpc) is 2.67. The lowest BCUT2D eigenvalue weighted by molar-refractivity contribution is -0.387. The molecule has 10 heteroatoms. The van der Waals surface area contributed by atoms with Crippen molar-refractivity contribution in [1.82, 2.24) is 15.0 Å². The van der Waals surface area contributed by atoms with Crippen molar-refractivity contribution in [3.05, 3.63) is 27.9 Å². The summed E-state index contributed by atoms with van der Waals surface area (Å²) >= 11 is 0.941. The Labute approximate surface area is 111 Å². The zero-order valence-electron chi connectivity index (χ0n) is 10.1. The second-order valence-electron chi connectivity index (χ2n) is 3.50. The molecule has 9 nitrogen and oxygen atoms in total. The van der Waals surface area contributed by atoms with E-state index in [9.17, 15) is 10.1 Å². The van der Waals surface area contributed by atoms with Crippen molar-refractivity contribution < 1.29 is 9.34 Å². The number of nitro groups is 1. The summed E-state index contributed by atoms with van der Waals surface area (Å²) in [5, 5.41) is 11.4. The molecule has 19 heavy (non-hydrogen) atoms. The van der Waals surface area contributed by atoms with Gasteiger partial charge in [0.25, 0.3) is 5.22 Å². The fourth-order valence-electron chi connectivity index (χ4n) is 1.28. The van der Waals surface area contributed by atoms with Crippen LogP contribution in [0.4, 0.5) is 11.5 Å². The molecule has 2 aromatic heterocycles. The highest BCUT2D eigenvalue weighted by molar-refractivity contribution is 7.99. The first-order valence-corrected chi connectivity index (χ1v) is 5.92. The minimum absolute atomic E-state index is 0.0671. The van der Waals surface area contributed by atoms with E-state index in [0.29, 0.717) is 5.76 Å². The van der Waals surface area contributed by atoms with E-state index in [0.717, 1.165) is 17.5 Å². The lowest BCUT2D eigenvalue weighted by atomic mass is 10.4. The van der Waals surface area contributed by atoms with Gasteiger partial charge in [0.15, 0.2) is 5.03 Å². The molecule has 0 aromatic carbocycles. The molecule has 0 aliphatic heterocycles. The van der Waals surface area contributed by atoms with E-state index in [1.165, 1.54) is 6.33 Å². The number of hydrogen-bond donors (Lipinski definition) is 2. The van der Waals surface area contributed by atoms with Gasteiger partial charge in [-0.2, -0.15) is 0 Å². The number of nitrogens with one attached hydrogen (secondary N) is 1. The van der Waals surface area contributed by atoms with Crippen LogP contribution in [0.3, 0.4) is 0 Å². The number of oxazole rings is 1. The van der Waals surface area contributed by atoms with E-state index in [4.69, 9.17) is 10.3 Å². The third kappa shape index (κ3) is 2.63. The van der Waals surface area contributed by atoms with E-state index in [-0.39, 0.29) is 21.8 Å². The number of rotatable bonds is 4. The van der Waals surface area contributed by atoms with E-state index in [1.807, 2.05) is 0 Å². The zero-order chi connectivity index (χ0) is 14.0. The van der Waals surface area contributed by atoms with Crippen molar-refractivity contribution in [2.45, 2.75) is 24.1 Å². The van der Waals surface area contributed by atoms with Gasteiger partial charge in [0.1, 0.15) is 12.1 Å². The number of nitrogens with two attached hydrogens (primary N) is 1. The van der Waals surface area contributed by atoms with Gasteiger partial charge in [-0.05, 0) is 25.6 Å². The number of nitrogen functional groups attached to an aromatic ring is 1. The van der Waals surface area contributed by atoms with Gasteiger partial charge in [0, 0.05) is 0 Å². The van der Waals surface area contributed by atoms with Crippen LogP contribution >= 0.6 is 11.8 Å². The monoisotopic (exact) mass is 282 g/mol. The van der Waals surface area contributed by atoms with Crippen molar-refractivity contribution in [1.29, 1.82) is 0 Å². The normalized spacial score (nSPS) is 10.5. The summed E-state index contributed by atoms with van der Waals surface area (Å²) in [6, 6.07) is 0. The summed E-state index contributed by atoms with van der Waals surface area (Å²) in [6.45, 7) is 3.54. The van der Waals surface area contributed by atoms with E-state index >= 15 is 0 Å². The van der Waals surface area contributed by atoms with Crippen molar-refractivity contribution in [2.24, 2.45) is 5.84 Å². The van der Waals surface area contributed by atoms with Crippen molar-refractivity contribution in [2.75, 3.05) is 5.43 Å². The van der Waals surface area contributed by atoms with Crippen molar-refractivity contribution in [3.63, 3.8) is 0 Å². The third-order valence-corrected chi connectivity index (χ3v) is 3.14. The fraction of sp³-hybridized carbons (Fsp3) is 0.222. The molecule has 3 N–H and O–H groups in total. The lowest BCUT2D eigenvalue weighted by Crippen LogP contribution is -2.12. The molecule has 0 saturated carbocycles. The van der Waals surface area contributed by atoms with Gasteiger partial charge in [0.2, 0.25) is 5.82 Å². The molecule has 2 rings (SSSR count). The molecule has 0 aliphatic carbocycles. The molecule has 0 atom stereocenters. The molecule has 0 amide bonds. The number of aromatic nitrogens is 3. The Morgan fingerprint density at radius 3 is 2.74 bits per heavy atom. The van der Waals surface area contributed by atoms with Crippen LogP contribution in [0.1, 0.15) is 11.5 Å². The highest BCUT2D eigenvalue weighted by Gasteiger charge is 2.24. The van der Waals surface area contributed by atoms with E-state index < -0.39 is 4.92 Å². The van der Waals surface area contributed by atoms with Crippen molar-refractivity contribution >= 4 is 23.3 Å². The summed E-state index contributed by atoms with van der Waals surface area (Å²) in [4.78, 5) is 22.1. The molecule has 2 aromatic rings. The van der Waals surface area contributed by atoms with Gasteiger partial charge in [-0.15, -0.1) is 0 Å². The van der Waals surface area contributed by atoms with Gasteiger partial charge >= 0.3 is 5.69 Å². The molecule has 0 bridgehead atoms. The molecule has 0 spiro atoms. The van der Waals surface area contributed by atoms with Gasteiger partial charge in [0.05, 0.1) is 10.6 Å². The maximum Gasteiger partial charge on any atom is 0.345 e. The summed E-state index contributed by atoms with van der Waals surface area (Å²) < 4.78 is 5.34. The number of aryl methyl sites for hydroxylation is 2. The first-order chi connectivity index (χ1) is 9.02. The Morgan fingerprint density at radius 1 is 1.47 bits per heavy atom. The number of anilines is 1. The highest BCUT2D eigenvalue weighted by atomic mass is 32.2. The molecule has 2 heterocycles.